The maximum absolute atomic E-state index is 11.7. The van der Waals surface area contributed by atoms with Crippen molar-refractivity contribution in [2.24, 2.45) is 0 Å². The van der Waals surface area contributed by atoms with Crippen LogP contribution >= 0.6 is 0 Å². The molecular weight excluding hydrogens is 234 g/mol. The quantitative estimate of drug-likeness (QED) is 0.685. The predicted octanol–water partition coefficient (Wildman–Crippen LogP) is -0.295. The zero-order chi connectivity index (χ0) is 13.0. The lowest BCUT2D eigenvalue weighted by Crippen LogP contribution is -2.42. The zero-order valence-electron chi connectivity index (χ0n) is 10.0. The first-order valence-corrected chi connectivity index (χ1v) is 5.64. The van der Waals surface area contributed by atoms with Gasteiger partial charge in [0, 0.05) is 6.54 Å². The van der Waals surface area contributed by atoms with Gasteiger partial charge < -0.3 is 10.1 Å². The van der Waals surface area contributed by atoms with Gasteiger partial charge in [-0.1, -0.05) is 12.1 Å². The Bertz CT molecular complexity index is 444. The van der Waals surface area contributed by atoms with E-state index in [2.05, 4.69) is 16.2 Å². The van der Waals surface area contributed by atoms with Crippen LogP contribution in [0.1, 0.15) is 12.0 Å². The molecule has 1 saturated heterocycles. The number of hydrazine groups is 1. The van der Waals surface area contributed by atoms with E-state index in [0.29, 0.717) is 6.54 Å². The molecule has 0 saturated carbocycles. The SMILES string of the molecule is COc1ccc(CNC(=O)C2CC(=O)NN2)cc1. The minimum atomic E-state index is -0.490. The van der Waals surface area contributed by atoms with E-state index in [1.165, 1.54) is 0 Å². The fourth-order valence-electron chi connectivity index (χ4n) is 1.67. The Hall–Kier alpha value is -2.08. The molecule has 18 heavy (non-hydrogen) atoms. The molecule has 1 heterocycles. The molecule has 2 rings (SSSR count). The highest BCUT2D eigenvalue weighted by molar-refractivity contribution is 5.90. The number of methoxy groups -OCH3 is 1. The molecular formula is C12H15N3O3. The number of carbonyl (C=O) groups excluding carboxylic acids is 2. The van der Waals surface area contributed by atoms with Crippen molar-refractivity contribution in [1.29, 1.82) is 0 Å². The van der Waals surface area contributed by atoms with Crippen LogP contribution in [0.25, 0.3) is 0 Å². The summed E-state index contributed by atoms with van der Waals surface area (Å²) in [5, 5.41) is 2.76. The van der Waals surface area contributed by atoms with Crippen molar-refractivity contribution in [3.8, 4) is 5.75 Å². The first-order chi connectivity index (χ1) is 8.69. The maximum atomic E-state index is 11.7. The summed E-state index contributed by atoms with van der Waals surface area (Å²) in [6.07, 6.45) is 0.175. The van der Waals surface area contributed by atoms with Crippen LogP contribution in [0.4, 0.5) is 0 Å². The fraction of sp³-hybridized carbons (Fsp3) is 0.333. The highest BCUT2D eigenvalue weighted by Crippen LogP contribution is 2.11. The molecule has 1 aliphatic heterocycles. The smallest absolute Gasteiger partial charge is 0.239 e. The van der Waals surface area contributed by atoms with E-state index in [4.69, 9.17) is 4.74 Å². The monoisotopic (exact) mass is 249 g/mol. The van der Waals surface area contributed by atoms with Gasteiger partial charge in [-0.15, -0.1) is 0 Å². The van der Waals surface area contributed by atoms with E-state index in [-0.39, 0.29) is 18.2 Å². The average Bonchev–Trinajstić information content (AvgIpc) is 2.83. The molecule has 0 bridgehead atoms. The van der Waals surface area contributed by atoms with Crippen molar-refractivity contribution >= 4 is 11.8 Å². The van der Waals surface area contributed by atoms with Crippen molar-refractivity contribution in [2.75, 3.05) is 7.11 Å². The first-order valence-electron chi connectivity index (χ1n) is 5.64. The van der Waals surface area contributed by atoms with Crippen LogP contribution < -0.4 is 20.9 Å². The summed E-state index contributed by atoms with van der Waals surface area (Å²) < 4.78 is 5.04. The molecule has 6 heteroatoms. The molecule has 1 atom stereocenters. The summed E-state index contributed by atoms with van der Waals surface area (Å²) in [5.41, 5.74) is 6.00. The van der Waals surface area contributed by atoms with E-state index in [0.717, 1.165) is 11.3 Å². The molecule has 2 amide bonds. The van der Waals surface area contributed by atoms with Gasteiger partial charge in [0.2, 0.25) is 11.8 Å². The highest BCUT2D eigenvalue weighted by atomic mass is 16.5. The van der Waals surface area contributed by atoms with Gasteiger partial charge in [0.1, 0.15) is 11.8 Å². The predicted molar refractivity (Wildman–Crippen MR) is 64.5 cm³/mol. The van der Waals surface area contributed by atoms with E-state index in [1.54, 1.807) is 7.11 Å². The third-order valence-electron chi connectivity index (χ3n) is 2.72. The Kier molecular flexibility index (Phi) is 3.78. The van der Waals surface area contributed by atoms with Crippen LogP contribution in [0, 0.1) is 0 Å². The van der Waals surface area contributed by atoms with Gasteiger partial charge in [-0.2, -0.15) is 0 Å². The molecule has 3 N–H and O–H groups in total. The molecule has 0 aromatic heterocycles. The third kappa shape index (κ3) is 2.98. The molecule has 1 aliphatic rings. The summed E-state index contributed by atoms with van der Waals surface area (Å²) in [6, 6.07) is 6.94. The number of hydrogen-bond donors (Lipinski definition) is 3. The van der Waals surface area contributed by atoms with Gasteiger partial charge in [-0.25, -0.2) is 5.43 Å². The fourth-order valence-corrected chi connectivity index (χ4v) is 1.67. The summed E-state index contributed by atoms with van der Waals surface area (Å²) in [5.74, 6) is 0.418. The minimum absolute atomic E-state index is 0.167. The van der Waals surface area contributed by atoms with E-state index in [1.807, 2.05) is 24.3 Å². The molecule has 0 radical (unpaired) electrons. The van der Waals surface area contributed by atoms with Crippen LogP contribution in [0.3, 0.4) is 0 Å². The summed E-state index contributed by atoms with van der Waals surface area (Å²) >= 11 is 0. The number of hydrogen-bond acceptors (Lipinski definition) is 4. The van der Waals surface area contributed by atoms with Crippen LogP contribution in [0.15, 0.2) is 24.3 Å². The van der Waals surface area contributed by atoms with E-state index < -0.39 is 6.04 Å². The lowest BCUT2D eigenvalue weighted by molar-refractivity contribution is -0.124. The second-order valence-electron chi connectivity index (χ2n) is 4.02. The van der Waals surface area contributed by atoms with Crippen LogP contribution in [0.2, 0.25) is 0 Å². The van der Waals surface area contributed by atoms with Gasteiger partial charge in [-0.3, -0.25) is 15.0 Å². The molecule has 1 aromatic carbocycles. The van der Waals surface area contributed by atoms with Crippen molar-refractivity contribution in [2.45, 2.75) is 19.0 Å². The Labute approximate surface area is 105 Å². The summed E-state index contributed by atoms with van der Waals surface area (Å²) in [4.78, 5) is 22.6. The van der Waals surface area contributed by atoms with Crippen molar-refractivity contribution in [3.05, 3.63) is 29.8 Å². The number of ether oxygens (including phenoxy) is 1. The van der Waals surface area contributed by atoms with Crippen molar-refractivity contribution in [3.63, 3.8) is 0 Å². The van der Waals surface area contributed by atoms with Crippen molar-refractivity contribution < 1.29 is 14.3 Å². The molecule has 1 aromatic rings. The Morgan fingerprint density at radius 2 is 2.17 bits per heavy atom. The number of amides is 2. The van der Waals surface area contributed by atoms with E-state index >= 15 is 0 Å². The van der Waals surface area contributed by atoms with E-state index in [9.17, 15) is 9.59 Å². The molecule has 96 valence electrons. The second kappa shape index (κ2) is 5.50. The normalized spacial score (nSPS) is 18.3. The van der Waals surface area contributed by atoms with Crippen LogP contribution in [-0.2, 0) is 16.1 Å². The maximum Gasteiger partial charge on any atom is 0.239 e. The molecule has 1 fully saturated rings. The number of nitrogens with one attached hydrogen (secondary N) is 3. The van der Waals surface area contributed by atoms with Gasteiger partial charge in [-0.05, 0) is 17.7 Å². The largest absolute Gasteiger partial charge is 0.497 e. The van der Waals surface area contributed by atoms with Crippen molar-refractivity contribution in [1.82, 2.24) is 16.2 Å². The number of benzene rings is 1. The zero-order valence-corrected chi connectivity index (χ0v) is 10.0. The molecule has 6 nitrogen and oxygen atoms in total. The lowest BCUT2D eigenvalue weighted by atomic mass is 10.2. The topological polar surface area (TPSA) is 79.5 Å². The minimum Gasteiger partial charge on any atom is -0.497 e. The average molecular weight is 249 g/mol. The highest BCUT2D eigenvalue weighted by Gasteiger charge is 2.27. The Morgan fingerprint density at radius 3 is 2.72 bits per heavy atom. The number of rotatable bonds is 4. The molecule has 0 aliphatic carbocycles. The molecule has 0 spiro atoms. The molecule has 1 unspecified atom stereocenters. The Morgan fingerprint density at radius 1 is 1.44 bits per heavy atom. The van der Waals surface area contributed by atoms with Gasteiger partial charge >= 0.3 is 0 Å². The lowest BCUT2D eigenvalue weighted by Gasteiger charge is -2.10. The Balaban J connectivity index is 1.83. The van der Waals surface area contributed by atoms with Gasteiger partial charge in [0.15, 0.2) is 0 Å². The van der Waals surface area contributed by atoms with Gasteiger partial charge in [0.05, 0.1) is 13.5 Å². The van der Waals surface area contributed by atoms with Crippen LogP contribution in [-0.4, -0.2) is 25.0 Å². The third-order valence-corrected chi connectivity index (χ3v) is 2.72. The summed E-state index contributed by atoms with van der Waals surface area (Å²) in [7, 11) is 1.60. The van der Waals surface area contributed by atoms with Crippen LogP contribution in [0.5, 0.6) is 5.75 Å². The first kappa shape index (κ1) is 12.4. The standard InChI is InChI=1S/C12H15N3O3/c1-18-9-4-2-8(3-5-9)7-13-12(17)10-6-11(16)15-14-10/h2-5,10,14H,6-7H2,1H3,(H,13,17)(H,15,16). The second-order valence-corrected chi connectivity index (χ2v) is 4.02. The summed E-state index contributed by atoms with van der Waals surface area (Å²) in [6.45, 7) is 0.426. The number of carbonyl (C=O) groups is 2. The van der Waals surface area contributed by atoms with Gasteiger partial charge in [0.25, 0.3) is 0 Å².